The molecular weight excluding hydrogens is 549 g/mol. The van der Waals surface area contributed by atoms with Gasteiger partial charge in [-0.05, 0) is 24.5 Å². The van der Waals surface area contributed by atoms with Crippen LogP contribution in [0.5, 0.6) is 11.5 Å². The summed E-state index contributed by atoms with van der Waals surface area (Å²) >= 11 is 0. The molecule has 1 saturated heterocycles. The molecule has 10 heteroatoms. The SMILES string of the molecule is C[C@H](OC(=O)Nc1ccccc1)[C@]12Cc3c(O)c4c(c(O)c3[C@H](C1)OB(c1ccccc1)O2)C(=O)c1ccccc1C4=O. The van der Waals surface area contributed by atoms with E-state index in [0.717, 1.165) is 0 Å². The van der Waals surface area contributed by atoms with Crippen molar-refractivity contribution >= 4 is 35.9 Å². The molecule has 2 bridgehead atoms. The summed E-state index contributed by atoms with van der Waals surface area (Å²) in [6.45, 7) is 1.69. The molecule has 0 radical (unpaired) electrons. The van der Waals surface area contributed by atoms with Crippen molar-refractivity contribution in [3.05, 3.63) is 118 Å². The van der Waals surface area contributed by atoms with Crippen LogP contribution in [0.2, 0.25) is 0 Å². The lowest BCUT2D eigenvalue weighted by atomic mass is 9.66. The number of nitrogens with one attached hydrogen (secondary N) is 1. The molecule has 1 heterocycles. The summed E-state index contributed by atoms with van der Waals surface area (Å²) < 4.78 is 18.8. The van der Waals surface area contributed by atoms with Gasteiger partial charge in [-0.2, -0.15) is 0 Å². The number of phenolic OH excluding ortho intramolecular Hbond substituents is 2. The summed E-state index contributed by atoms with van der Waals surface area (Å²) in [7, 11) is -0.910. The van der Waals surface area contributed by atoms with Gasteiger partial charge in [0.1, 0.15) is 17.6 Å². The zero-order valence-corrected chi connectivity index (χ0v) is 23.1. The first-order chi connectivity index (χ1) is 20.8. The molecule has 3 aliphatic rings. The smallest absolute Gasteiger partial charge is 0.494 e. The number of hydrogen-bond acceptors (Lipinski definition) is 8. The van der Waals surface area contributed by atoms with E-state index in [-0.39, 0.29) is 46.2 Å². The Morgan fingerprint density at radius 2 is 1.49 bits per heavy atom. The van der Waals surface area contributed by atoms with Crippen LogP contribution in [-0.4, -0.2) is 46.7 Å². The Bertz CT molecular complexity index is 1790. The van der Waals surface area contributed by atoms with Gasteiger partial charge in [0, 0.05) is 40.8 Å². The zero-order valence-electron chi connectivity index (χ0n) is 23.1. The van der Waals surface area contributed by atoms with Crippen LogP contribution < -0.4 is 10.8 Å². The average Bonchev–Trinajstić information content (AvgIpc) is 3.02. The number of aromatic hydroxyl groups is 2. The van der Waals surface area contributed by atoms with E-state index in [1.54, 1.807) is 43.3 Å². The number of carbonyl (C=O) groups excluding carboxylic acids is 3. The molecule has 2 aliphatic carbocycles. The van der Waals surface area contributed by atoms with Crippen LogP contribution in [-0.2, 0) is 20.5 Å². The summed E-state index contributed by atoms with van der Waals surface area (Å²) in [5.41, 5.74) is 0.251. The third-order valence-electron chi connectivity index (χ3n) is 8.54. The molecule has 7 rings (SSSR count). The minimum atomic E-state index is -1.22. The molecule has 3 N–H and O–H groups in total. The van der Waals surface area contributed by atoms with Gasteiger partial charge in [-0.1, -0.05) is 72.8 Å². The van der Waals surface area contributed by atoms with E-state index in [9.17, 15) is 24.6 Å². The van der Waals surface area contributed by atoms with Crippen LogP contribution in [0.3, 0.4) is 0 Å². The summed E-state index contributed by atoms with van der Waals surface area (Å²) in [4.78, 5) is 40.1. The number of para-hydroxylation sites is 1. The van der Waals surface area contributed by atoms with Crippen molar-refractivity contribution in [1.82, 2.24) is 0 Å². The minimum absolute atomic E-state index is 0.0267. The quantitative estimate of drug-likeness (QED) is 0.208. The lowest BCUT2D eigenvalue weighted by Crippen LogP contribution is -2.61. The Morgan fingerprint density at radius 1 is 0.907 bits per heavy atom. The highest BCUT2D eigenvalue weighted by atomic mass is 16.6. The Kier molecular flexibility index (Phi) is 6.34. The minimum Gasteiger partial charge on any atom is -0.507 e. The summed E-state index contributed by atoms with van der Waals surface area (Å²) in [5, 5.41) is 25.9. The molecule has 4 aromatic rings. The molecule has 4 aromatic carbocycles. The predicted molar refractivity (Wildman–Crippen MR) is 157 cm³/mol. The zero-order chi connectivity index (χ0) is 29.9. The fourth-order valence-corrected chi connectivity index (χ4v) is 6.39. The van der Waals surface area contributed by atoms with E-state index in [4.69, 9.17) is 14.0 Å². The van der Waals surface area contributed by atoms with E-state index in [1.807, 2.05) is 36.4 Å². The number of fused-ring (bicyclic) bond motifs is 6. The van der Waals surface area contributed by atoms with Crippen LogP contribution in [0.1, 0.15) is 62.4 Å². The second-order valence-corrected chi connectivity index (χ2v) is 11.0. The highest BCUT2D eigenvalue weighted by molar-refractivity contribution is 6.61. The van der Waals surface area contributed by atoms with Crippen LogP contribution in [0.4, 0.5) is 10.5 Å². The van der Waals surface area contributed by atoms with Crippen LogP contribution in [0.25, 0.3) is 0 Å². The lowest BCUT2D eigenvalue weighted by Gasteiger charge is -2.50. The van der Waals surface area contributed by atoms with Crippen molar-refractivity contribution in [3.8, 4) is 11.5 Å². The third kappa shape index (κ3) is 4.29. The largest absolute Gasteiger partial charge is 0.507 e. The molecule has 0 unspecified atom stereocenters. The fraction of sp³-hybridized carbons (Fsp3) is 0.182. The standard InChI is InChI=1S/C33H26BNO8/c1-18(41-32(40)35-20-12-6-3-7-13-20)33-16-23-25(24(17-33)42-34(43-33)19-10-4-2-5-11-19)31(39)27-26(30(23)38)28(36)21-14-8-9-15-22(21)29(27)37/h2-15,18,24,38-39H,16-17H2,1H3,(H,35,40)/t18-,24-,33-/m0/s1. The molecule has 1 amide bonds. The lowest BCUT2D eigenvalue weighted by molar-refractivity contribution is -0.124. The van der Waals surface area contributed by atoms with Gasteiger partial charge in [0.25, 0.3) is 0 Å². The summed E-state index contributed by atoms with van der Waals surface area (Å²) in [6, 6.07) is 24.4. The normalized spacial score (nSPS) is 20.9. The van der Waals surface area contributed by atoms with Crippen LogP contribution in [0.15, 0.2) is 84.9 Å². The van der Waals surface area contributed by atoms with Crippen molar-refractivity contribution in [3.63, 3.8) is 0 Å². The Labute approximate surface area is 247 Å². The Balaban J connectivity index is 1.33. The average molecular weight is 575 g/mol. The number of ketones is 2. The number of ether oxygens (including phenoxy) is 1. The first kappa shape index (κ1) is 26.9. The Morgan fingerprint density at radius 3 is 2.14 bits per heavy atom. The number of anilines is 1. The van der Waals surface area contributed by atoms with Gasteiger partial charge >= 0.3 is 13.2 Å². The second kappa shape index (κ2) is 10.1. The molecule has 1 aliphatic heterocycles. The maximum Gasteiger partial charge on any atom is 0.494 e. The second-order valence-electron chi connectivity index (χ2n) is 11.0. The van der Waals surface area contributed by atoms with Crippen molar-refractivity contribution in [1.29, 1.82) is 0 Å². The highest BCUT2D eigenvalue weighted by Crippen LogP contribution is 2.54. The molecule has 0 aromatic heterocycles. The van der Waals surface area contributed by atoms with E-state index >= 15 is 0 Å². The fourth-order valence-electron chi connectivity index (χ4n) is 6.39. The highest BCUT2D eigenvalue weighted by Gasteiger charge is 2.56. The molecular formula is C33H26BNO8. The summed E-state index contributed by atoms with van der Waals surface area (Å²) in [5.74, 6) is -1.95. The molecule has 0 spiro atoms. The molecule has 9 nitrogen and oxygen atoms in total. The van der Waals surface area contributed by atoms with Gasteiger partial charge in [0.15, 0.2) is 11.6 Å². The van der Waals surface area contributed by atoms with Crippen LogP contribution >= 0.6 is 0 Å². The predicted octanol–water partition coefficient (Wildman–Crippen LogP) is 4.68. The van der Waals surface area contributed by atoms with E-state index in [0.29, 0.717) is 11.2 Å². The van der Waals surface area contributed by atoms with Crippen molar-refractivity contribution in [2.24, 2.45) is 0 Å². The van der Waals surface area contributed by atoms with Gasteiger partial charge in [0.2, 0.25) is 0 Å². The topological polar surface area (TPSA) is 131 Å². The van der Waals surface area contributed by atoms with Crippen molar-refractivity contribution in [2.75, 3.05) is 5.32 Å². The number of phenols is 2. The number of hydrogen-bond donors (Lipinski definition) is 3. The number of rotatable bonds is 4. The maximum absolute atomic E-state index is 13.6. The third-order valence-corrected chi connectivity index (χ3v) is 8.54. The van der Waals surface area contributed by atoms with E-state index in [2.05, 4.69) is 5.32 Å². The molecule has 214 valence electrons. The van der Waals surface area contributed by atoms with Crippen LogP contribution in [0, 0.1) is 0 Å². The number of amides is 1. The number of carbonyl (C=O) groups is 3. The first-order valence-corrected chi connectivity index (χ1v) is 14.0. The van der Waals surface area contributed by atoms with E-state index in [1.165, 1.54) is 12.1 Å². The van der Waals surface area contributed by atoms with Gasteiger partial charge < -0.3 is 24.3 Å². The molecule has 43 heavy (non-hydrogen) atoms. The number of benzene rings is 4. The van der Waals surface area contributed by atoms with Crippen molar-refractivity contribution in [2.45, 2.75) is 37.6 Å². The van der Waals surface area contributed by atoms with Gasteiger partial charge in [-0.15, -0.1) is 0 Å². The Hall–Kier alpha value is -4.93. The monoisotopic (exact) mass is 575 g/mol. The van der Waals surface area contributed by atoms with Gasteiger partial charge in [-0.25, -0.2) is 4.79 Å². The molecule has 0 saturated carbocycles. The molecule has 3 atom stereocenters. The van der Waals surface area contributed by atoms with E-state index < -0.39 is 54.1 Å². The first-order valence-electron chi connectivity index (χ1n) is 14.0. The van der Waals surface area contributed by atoms with Crippen molar-refractivity contribution < 1.29 is 38.6 Å². The maximum atomic E-state index is 13.6. The van der Waals surface area contributed by atoms with Gasteiger partial charge in [0.05, 0.1) is 22.8 Å². The molecule has 1 fully saturated rings. The summed E-state index contributed by atoms with van der Waals surface area (Å²) in [6.07, 6.45) is -2.30. The van der Waals surface area contributed by atoms with Gasteiger partial charge in [-0.3, -0.25) is 14.9 Å².